The molecule has 0 spiro atoms. The van der Waals surface area contributed by atoms with Crippen molar-refractivity contribution in [2.75, 3.05) is 19.3 Å². The van der Waals surface area contributed by atoms with E-state index in [-0.39, 0.29) is 11.8 Å². The van der Waals surface area contributed by atoms with E-state index >= 15 is 0 Å². The van der Waals surface area contributed by atoms with Crippen molar-refractivity contribution in [2.24, 2.45) is 0 Å². The molecule has 5 heteroatoms. The van der Waals surface area contributed by atoms with Crippen LogP contribution >= 0.6 is 11.8 Å². The quantitative estimate of drug-likeness (QED) is 0.620. The largest absolute Gasteiger partial charge is 0.622 e. The van der Waals surface area contributed by atoms with E-state index < -0.39 is 4.87 Å². The summed E-state index contributed by atoms with van der Waals surface area (Å²) >= 11 is 1.34. The van der Waals surface area contributed by atoms with Gasteiger partial charge in [0.25, 0.3) is 0 Å². The van der Waals surface area contributed by atoms with Crippen LogP contribution in [0.2, 0.25) is 0 Å². The van der Waals surface area contributed by atoms with Crippen LogP contribution in [0.5, 0.6) is 0 Å². The molecule has 0 bridgehead atoms. The highest BCUT2D eigenvalue weighted by Gasteiger charge is 2.66. The number of hydrogen-bond donors (Lipinski definition) is 0. The first-order valence-electron chi connectivity index (χ1n) is 7.24. The molecule has 114 valence electrons. The van der Waals surface area contributed by atoms with Crippen LogP contribution in [-0.4, -0.2) is 45.5 Å². The number of amides is 1. The van der Waals surface area contributed by atoms with Gasteiger partial charge in [0.1, 0.15) is 0 Å². The van der Waals surface area contributed by atoms with Crippen molar-refractivity contribution in [3.8, 4) is 0 Å². The lowest BCUT2D eigenvalue weighted by Crippen LogP contribution is -2.65. The summed E-state index contributed by atoms with van der Waals surface area (Å²) in [6.07, 6.45) is 1.84. The van der Waals surface area contributed by atoms with Crippen LogP contribution in [-0.2, 0) is 4.79 Å². The Morgan fingerprint density at radius 2 is 1.90 bits per heavy atom. The minimum atomic E-state index is -1.06. The highest BCUT2D eigenvalue weighted by Crippen LogP contribution is 2.48. The number of rotatable bonds is 5. The molecule has 4 nitrogen and oxygen atoms in total. The lowest BCUT2D eigenvalue weighted by Gasteiger charge is -2.45. The number of hydrogen-bond acceptors (Lipinski definition) is 3. The Labute approximate surface area is 130 Å². The van der Waals surface area contributed by atoms with Gasteiger partial charge >= 0.3 is 10.8 Å². The standard InChI is InChI=1S/C16H22N2O2S/c1-5-17(6-2)15(19)16(21-4)14(12(3)18(16)20)13-10-8-7-9-11-13/h7-11,14H,5-6H2,1-4H3/t14-,16+/m1/s1. The van der Waals surface area contributed by atoms with Crippen molar-refractivity contribution in [1.82, 2.24) is 4.90 Å². The van der Waals surface area contributed by atoms with Gasteiger partial charge in [-0.2, -0.15) is 4.74 Å². The molecule has 21 heavy (non-hydrogen) atoms. The molecule has 1 heterocycles. The fourth-order valence-electron chi connectivity index (χ4n) is 3.06. The molecule has 2 atom stereocenters. The third-order valence-electron chi connectivity index (χ3n) is 4.23. The molecular weight excluding hydrogens is 284 g/mol. The predicted molar refractivity (Wildman–Crippen MR) is 87.7 cm³/mol. The molecule has 1 aromatic carbocycles. The molecule has 0 unspecified atom stereocenters. The van der Waals surface area contributed by atoms with Crippen molar-refractivity contribution >= 4 is 23.4 Å². The first-order valence-corrected chi connectivity index (χ1v) is 8.47. The monoisotopic (exact) mass is 306 g/mol. The lowest BCUT2D eigenvalue weighted by atomic mass is 9.80. The third-order valence-corrected chi connectivity index (χ3v) is 5.43. The van der Waals surface area contributed by atoms with E-state index in [1.54, 1.807) is 4.90 Å². The van der Waals surface area contributed by atoms with Crippen molar-refractivity contribution in [3.05, 3.63) is 41.1 Å². The lowest BCUT2D eigenvalue weighted by molar-refractivity contribution is -0.537. The smallest absolute Gasteiger partial charge is 0.313 e. The zero-order valence-electron chi connectivity index (χ0n) is 13.0. The van der Waals surface area contributed by atoms with Gasteiger partial charge in [0.05, 0.1) is 0 Å². The predicted octanol–water partition coefficient (Wildman–Crippen LogP) is 2.68. The molecule has 1 amide bonds. The summed E-state index contributed by atoms with van der Waals surface area (Å²) < 4.78 is 0.899. The maximum Gasteiger partial charge on any atom is 0.313 e. The molecule has 1 aliphatic heterocycles. The maximum atomic E-state index is 12.9. The zero-order valence-corrected chi connectivity index (χ0v) is 13.8. The number of benzene rings is 1. The Hall–Kier alpha value is -1.49. The molecule has 1 aromatic rings. The van der Waals surface area contributed by atoms with Gasteiger partial charge in [-0.1, -0.05) is 42.1 Å². The van der Waals surface area contributed by atoms with Crippen LogP contribution in [0.4, 0.5) is 0 Å². The van der Waals surface area contributed by atoms with Gasteiger partial charge < -0.3 is 10.1 Å². The fraction of sp³-hybridized carbons (Fsp3) is 0.500. The molecule has 0 saturated heterocycles. The summed E-state index contributed by atoms with van der Waals surface area (Å²) in [4.78, 5) is 13.6. The number of hydroxylamine groups is 1. The fourth-order valence-corrected chi connectivity index (χ4v) is 4.22. The minimum Gasteiger partial charge on any atom is -0.622 e. The van der Waals surface area contributed by atoms with Crippen LogP contribution in [0.3, 0.4) is 0 Å². The molecule has 0 fully saturated rings. The second kappa shape index (κ2) is 6.10. The Kier molecular flexibility index (Phi) is 4.61. The van der Waals surface area contributed by atoms with E-state index in [1.807, 2.05) is 57.4 Å². The number of carbonyl (C=O) groups excluding carboxylic acids is 1. The van der Waals surface area contributed by atoms with Crippen LogP contribution < -0.4 is 0 Å². The van der Waals surface area contributed by atoms with Crippen molar-refractivity contribution in [3.63, 3.8) is 0 Å². The molecule has 0 N–H and O–H groups in total. The Balaban J connectivity index is 2.49. The first kappa shape index (κ1) is 15.9. The van der Waals surface area contributed by atoms with Gasteiger partial charge in [-0.25, -0.2) is 0 Å². The molecule has 0 saturated carbocycles. The van der Waals surface area contributed by atoms with Gasteiger partial charge in [0.2, 0.25) is 0 Å². The van der Waals surface area contributed by atoms with E-state index in [4.69, 9.17) is 0 Å². The van der Waals surface area contributed by atoms with Gasteiger partial charge in [-0.3, -0.25) is 4.79 Å². The molecule has 2 rings (SSSR count). The number of nitrogens with zero attached hydrogens (tertiary/aromatic N) is 2. The second-order valence-electron chi connectivity index (χ2n) is 5.16. The van der Waals surface area contributed by atoms with E-state index in [0.717, 1.165) is 10.3 Å². The minimum absolute atomic E-state index is 0.0885. The second-order valence-corrected chi connectivity index (χ2v) is 6.19. The van der Waals surface area contributed by atoms with Crippen LogP contribution in [0.15, 0.2) is 30.3 Å². The van der Waals surface area contributed by atoms with Crippen molar-refractivity contribution in [1.29, 1.82) is 0 Å². The first-order chi connectivity index (χ1) is 10.0. The van der Waals surface area contributed by atoms with Gasteiger partial charge in [0.15, 0.2) is 11.6 Å². The summed E-state index contributed by atoms with van der Waals surface area (Å²) in [6.45, 7) is 6.93. The summed E-state index contributed by atoms with van der Waals surface area (Å²) in [7, 11) is 0. The molecule has 1 aliphatic rings. The molecular formula is C16H22N2O2S. The zero-order chi connectivity index (χ0) is 15.6. The molecule has 0 aromatic heterocycles. The number of likely N-dealkylation sites (N-methyl/N-ethyl adjacent to an activating group) is 1. The average Bonchev–Trinajstić information content (AvgIpc) is 2.53. The summed E-state index contributed by atoms with van der Waals surface area (Å²) in [5, 5.41) is 12.5. The van der Waals surface area contributed by atoms with E-state index in [2.05, 4.69) is 0 Å². The Bertz CT molecular complexity index is 555. The van der Waals surface area contributed by atoms with Crippen LogP contribution in [0, 0.1) is 5.21 Å². The Morgan fingerprint density at radius 3 is 2.38 bits per heavy atom. The van der Waals surface area contributed by atoms with Gasteiger partial charge in [-0.05, 0) is 25.7 Å². The third kappa shape index (κ3) is 2.24. The van der Waals surface area contributed by atoms with Gasteiger partial charge in [0, 0.05) is 20.0 Å². The number of carbonyl (C=O) groups is 1. The summed E-state index contributed by atoms with van der Waals surface area (Å²) in [5.41, 5.74) is 1.73. The number of thioether (sulfide) groups is 1. The SMILES string of the molecule is CCN(CC)C(=O)[C@@]1(SC)[C@@H](c2ccccc2)C(C)=[N+]1[O-]. The normalized spacial score (nSPS) is 24.7. The van der Waals surface area contributed by atoms with Crippen LogP contribution in [0.25, 0.3) is 0 Å². The van der Waals surface area contributed by atoms with Gasteiger partial charge in [-0.15, -0.1) is 0 Å². The topological polar surface area (TPSA) is 46.4 Å². The van der Waals surface area contributed by atoms with E-state index in [9.17, 15) is 10.0 Å². The Morgan fingerprint density at radius 1 is 1.33 bits per heavy atom. The highest BCUT2D eigenvalue weighted by atomic mass is 32.2. The van der Waals surface area contributed by atoms with Crippen molar-refractivity contribution in [2.45, 2.75) is 31.6 Å². The molecule has 0 radical (unpaired) electrons. The van der Waals surface area contributed by atoms with Crippen LogP contribution in [0.1, 0.15) is 32.3 Å². The summed E-state index contributed by atoms with van der Waals surface area (Å²) in [6, 6.07) is 9.81. The average molecular weight is 306 g/mol. The van der Waals surface area contributed by atoms with E-state index in [0.29, 0.717) is 18.8 Å². The van der Waals surface area contributed by atoms with E-state index in [1.165, 1.54) is 11.8 Å². The highest BCUT2D eigenvalue weighted by molar-refractivity contribution is 8.00. The summed E-state index contributed by atoms with van der Waals surface area (Å²) in [5.74, 6) is -0.242. The van der Waals surface area contributed by atoms with Crippen molar-refractivity contribution < 1.29 is 9.53 Å². The molecule has 0 aliphatic carbocycles. The maximum absolute atomic E-state index is 12.9.